The van der Waals surface area contributed by atoms with Crippen molar-refractivity contribution in [3.05, 3.63) is 237 Å². The number of aliphatic carboxylic acids is 1. The van der Waals surface area contributed by atoms with Crippen molar-refractivity contribution in [3.8, 4) is 0 Å². The minimum Gasteiger partial charge on any atom is -0.476 e. The number of thiazole rings is 1. The maximum atomic E-state index is 15.0. The van der Waals surface area contributed by atoms with E-state index in [1.54, 1.807) is 0 Å². The Labute approximate surface area is 414 Å². The average Bonchev–Trinajstić information content (AvgIpc) is 3.75. The number of amides is 2. The fraction of sp³-hybridized carbons (Fsp3) is 0.135. The molecule has 2 unspecified atom stereocenters. The summed E-state index contributed by atoms with van der Waals surface area (Å²) in [7, 11) is -6.29. The molecule has 0 aliphatic carbocycles. The van der Waals surface area contributed by atoms with E-state index in [0.717, 1.165) is 28.0 Å². The van der Waals surface area contributed by atoms with Crippen LogP contribution in [0.4, 0.5) is 18.3 Å². The van der Waals surface area contributed by atoms with Crippen molar-refractivity contribution in [3.63, 3.8) is 0 Å². The van der Waals surface area contributed by atoms with Gasteiger partial charge in [-0.05, 0) is 23.1 Å². The molecular weight excluding hydrogens is 979 g/mol. The molecule has 2 aliphatic rings. The van der Waals surface area contributed by atoms with Crippen LogP contribution in [0.1, 0.15) is 51.9 Å². The van der Waals surface area contributed by atoms with Gasteiger partial charge in [0.05, 0.1) is 6.04 Å². The molecule has 9 rings (SSSR count). The van der Waals surface area contributed by atoms with E-state index in [9.17, 15) is 36.3 Å². The zero-order chi connectivity index (χ0) is 50.0. The lowest BCUT2D eigenvalue weighted by atomic mass is 9.77. The van der Waals surface area contributed by atoms with Crippen molar-refractivity contribution in [1.29, 1.82) is 0 Å². The molecule has 360 valence electrons. The lowest BCUT2D eigenvalue weighted by Crippen LogP contribution is -2.72. The van der Waals surface area contributed by atoms with Crippen LogP contribution in [-0.4, -0.2) is 64.5 Å². The summed E-state index contributed by atoms with van der Waals surface area (Å²) in [5.74, 6) is -5.15. The van der Waals surface area contributed by atoms with Gasteiger partial charge in [0.15, 0.2) is 22.3 Å². The van der Waals surface area contributed by atoms with Crippen LogP contribution in [0.15, 0.2) is 199 Å². The molecule has 0 bridgehead atoms. The third kappa shape index (κ3) is 9.01. The number of alkyl halides is 3. The zero-order valence-corrected chi connectivity index (χ0v) is 39.3. The fourth-order valence-electron chi connectivity index (χ4n) is 8.92. The minimum absolute atomic E-state index is 0.0270. The molecule has 13 nitrogen and oxygen atoms in total. The first-order chi connectivity index (χ1) is 34.2. The molecule has 0 radical (unpaired) electrons. The highest BCUT2D eigenvalue weighted by Crippen LogP contribution is 2.45. The number of nitrogens with zero attached hydrogens (tertiary/aromatic N) is 3. The zero-order valence-electron chi connectivity index (χ0n) is 36.9. The van der Waals surface area contributed by atoms with Crippen LogP contribution in [0.25, 0.3) is 0 Å². The molecule has 19 heteroatoms. The molecule has 71 heavy (non-hydrogen) atoms. The highest BCUT2D eigenvalue weighted by molar-refractivity contribution is 7.87. The van der Waals surface area contributed by atoms with E-state index in [2.05, 4.69) is 20.0 Å². The number of allylic oxidation sites excluding steroid dienone is 1. The Bertz CT molecular complexity index is 3070. The molecule has 0 saturated carbocycles. The number of aromatic nitrogens is 1. The van der Waals surface area contributed by atoms with Gasteiger partial charge in [0.25, 0.3) is 11.8 Å². The number of carboxylic acids is 1. The Balaban J connectivity index is 1.17. The van der Waals surface area contributed by atoms with Gasteiger partial charge in [0, 0.05) is 23.1 Å². The number of hydrogen-bond donors (Lipinski definition) is 3. The molecule has 3 N–H and O–H groups in total. The van der Waals surface area contributed by atoms with Crippen LogP contribution in [-0.2, 0) is 44.7 Å². The number of fused-ring (bicyclic) bond motifs is 1. The van der Waals surface area contributed by atoms with Gasteiger partial charge in [0.2, 0.25) is 5.60 Å². The smallest absolute Gasteiger partial charge is 0.476 e. The van der Waals surface area contributed by atoms with Crippen molar-refractivity contribution in [2.45, 2.75) is 41.6 Å². The molecule has 0 spiro atoms. The molecule has 2 aliphatic heterocycles. The summed E-state index contributed by atoms with van der Waals surface area (Å²) in [5, 5.41) is 21.2. The van der Waals surface area contributed by atoms with E-state index in [0.29, 0.717) is 21.6 Å². The summed E-state index contributed by atoms with van der Waals surface area (Å²) in [6.45, 7) is 0. The van der Waals surface area contributed by atoms with E-state index in [-0.39, 0.29) is 21.6 Å². The summed E-state index contributed by atoms with van der Waals surface area (Å²) in [6.07, 6.45) is -0.946. The molecule has 6 aromatic carbocycles. The van der Waals surface area contributed by atoms with Crippen LogP contribution in [0.2, 0.25) is 4.34 Å². The second-order valence-corrected chi connectivity index (χ2v) is 19.4. The number of halogens is 4. The second-order valence-electron chi connectivity index (χ2n) is 16.3. The van der Waals surface area contributed by atoms with Gasteiger partial charge < -0.3 is 24.8 Å². The number of benzene rings is 6. The SMILES string of the molecule is O=C(O)C1=C(OS(=O)(=O)C(F)(F)F)CCC2C(NC(=O)/C(=N\OC(c3ccccc3)(c3ccccc3)c3ccccc3)c3nc(NC(c4ccccc4)(c4ccccc4)c4ccccc4)sc3Cl)C(=O)N12. The molecule has 1 saturated heterocycles. The van der Waals surface area contributed by atoms with E-state index in [1.807, 2.05) is 182 Å². The van der Waals surface area contributed by atoms with Crippen LogP contribution in [0.3, 0.4) is 0 Å². The number of carbonyl (C=O) groups is 3. The Hall–Kier alpha value is -7.80. The van der Waals surface area contributed by atoms with Gasteiger partial charge in [0.1, 0.15) is 21.6 Å². The van der Waals surface area contributed by atoms with E-state index in [1.165, 1.54) is 0 Å². The molecule has 1 fully saturated rings. The van der Waals surface area contributed by atoms with Gasteiger partial charge in [-0.25, -0.2) is 9.78 Å². The third-order valence-corrected chi connectivity index (χ3v) is 14.3. The Morgan fingerprint density at radius 2 is 1.14 bits per heavy atom. The quantitative estimate of drug-likeness (QED) is 0.0211. The topological polar surface area (TPSA) is 177 Å². The van der Waals surface area contributed by atoms with Crippen molar-refractivity contribution in [2.75, 3.05) is 5.32 Å². The fourth-order valence-corrected chi connectivity index (χ4v) is 10.5. The molecule has 3 heterocycles. The number of β-lactam (4-membered cyclic amide) rings is 1. The standard InChI is InChI=1S/C52H39ClF3N5O8S2/c53-45-42(58-49(70-45)59-50(33-19-7-1-8-20-33,34-21-9-2-10-22-34)35-23-11-3-12-24-35)43(60-69-51(36-25-13-4-14-26-36,37-27-15-5-16-28-37)38-29-17-6-18-30-38)46(62)57-41-39-31-32-40(68-71(66,67)52(54,55)56)44(48(64)65)61(39)47(41)63/h1-30,39,41H,31-32H2,(H,57,62)(H,58,59)(H,64,65)/b60-43-. The Kier molecular flexibility index (Phi) is 13.3. The first-order valence-electron chi connectivity index (χ1n) is 21.8. The monoisotopic (exact) mass is 1020 g/mol. The number of nitrogens with one attached hydrogen (secondary N) is 2. The van der Waals surface area contributed by atoms with Crippen LogP contribution in [0, 0.1) is 0 Å². The van der Waals surface area contributed by atoms with Gasteiger partial charge in [-0.15, -0.1) is 0 Å². The first-order valence-corrected chi connectivity index (χ1v) is 24.4. The van der Waals surface area contributed by atoms with Gasteiger partial charge in [-0.2, -0.15) is 21.6 Å². The molecular formula is C52H39ClF3N5O8S2. The first kappa shape index (κ1) is 48.2. The summed E-state index contributed by atoms with van der Waals surface area (Å²) < 4.78 is 68.1. The second kappa shape index (κ2) is 19.5. The van der Waals surface area contributed by atoms with E-state index >= 15 is 4.79 Å². The van der Waals surface area contributed by atoms with Gasteiger partial charge >= 0.3 is 21.6 Å². The lowest BCUT2D eigenvalue weighted by molar-refractivity contribution is -0.156. The van der Waals surface area contributed by atoms with Gasteiger partial charge in [-0.3, -0.25) is 14.5 Å². The number of carboxylic acid groups (broad SMARTS) is 1. The number of rotatable bonds is 16. The van der Waals surface area contributed by atoms with Crippen LogP contribution in [0.5, 0.6) is 0 Å². The minimum atomic E-state index is -6.29. The summed E-state index contributed by atoms with van der Waals surface area (Å²) >= 11 is 8.14. The number of anilines is 1. The maximum Gasteiger partial charge on any atom is 0.534 e. The summed E-state index contributed by atoms with van der Waals surface area (Å²) in [4.78, 5) is 53.6. The summed E-state index contributed by atoms with van der Waals surface area (Å²) in [5.41, 5.74) is -5.99. The molecule has 2 atom stereocenters. The highest BCUT2D eigenvalue weighted by atomic mass is 35.5. The van der Waals surface area contributed by atoms with Crippen LogP contribution < -0.4 is 10.6 Å². The third-order valence-electron chi connectivity index (χ3n) is 12.1. The van der Waals surface area contributed by atoms with Crippen molar-refractivity contribution >= 4 is 61.7 Å². The van der Waals surface area contributed by atoms with Crippen molar-refractivity contribution < 1.29 is 50.1 Å². The molecule has 2 amide bonds. The lowest BCUT2D eigenvalue weighted by Gasteiger charge is -2.49. The average molecular weight is 1020 g/mol. The largest absolute Gasteiger partial charge is 0.534 e. The highest BCUT2D eigenvalue weighted by Gasteiger charge is 2.57. The molecule has 1 aromatic heterocycles. The predicted octanol–water partition coefficient (Wildman–Crippen LogP) is 9.57. The van der Waals surface area contributed by atoms with Gasteiger partial charge in [-0.1, -0.05) is 210 Å². The van der Waals surface area contributed by atoms with E-state index in [4.69, 9.17) is 21.4 Å². The normalized spacial score (nSPS) is 16.4. The van der Waals surface area contributed by atoms with Crippen LogP contribution >= 0.6 is 22.9 Å². The number of hydrogen-bond acceptors (Lipinski definition) is 11. The van der Waals surface area contributed by atoms with Crippen molar-refractivity contribution in [2.24, 2.45) is 5.16 Å². The Morgan fingerprint density at radius 1 is 0.718 bits per heavy atom. The van der Waals surface area contributed by atoms with E-state index < -0.39 is 80.2 Å². The number of oxime groups is 1. The summed E-state index contributed by atoms with van der Waals surface area (Å²) in [6, 6.07) is 53.7. The van der Waals surface area contributed by atoms with Crippen molar-refractivity contribution in [1.82, 2.24) is 15.2 Å². The molecule has 7 aromatic rings. The maximum absolute atomic E-state index is 15.0. The number of carbonyl (C=O) groups excluding carboxylic acids is 2. The Morgan fingerprint density at radius 3 is 1.55 bits per heavy atom. The predicted molar refractivity (Wildman–Crippen MR) is 259 cm³/mol.